The Bertz CT molecular complexity index is 1120. The zero-order chi connectivity index (χ0) is 26.7. The predicted molar refractivity (Wildman–Crippen MR) is 130 cm³/mol. The van der Waals surface area contributed by atoms with Crippen LogP contribution in [0.1, 0.15) is 48.7 Å². The summed E-state index contributed by atoms with van der Waals surface area (Å²) in [4.78, 5) is 26.8. The normalized spacial score (nSPS) is 16.0. The molecule has 2 aromatic rings. The number of methoxy groups -OCH3 is 1. The number of carbonyl (C=O) groups is 2. The summed E-state index contributed by atoms with van der Waals surface area (Å²) in [6, 6.07) is 7.65. The molecule has 2 aromatic carbocycles. The second kappa shape index (κ2) is 10.9. The van der Waals surface area contributed by atoms with E-state index < -0.39 is 29.3 Å². The number of halogens is 4. The van der Waals surface area contributed by atoms with Crippen LogP contribution in [0.3, 0.4) is 0 Å². The van der Waals surface area contributed by atoms with E-state index in [0.29, 0.717) is 35.8 Å². The quantitative estimate of drug-likeness (QED) is 0.502. The number of benzene rings is 2. The lowest BCUT2D eigenvalue weighted by atomic mass is 10.1. The van der Waals surface area contributed by atoms with Crippen molar-refractivity contribution >= 4 is 29.3 Å². The minimum absolute atomic E-state index is 0.0497. The summed E-state index contributed by atoms with van der Waals surface area (Å²) >= 11 is 6.11. The van der Waals surface area contributed by atoms with Crippen LogP contribution in [-0.2, 0) is 17.5 Å². The predicted octanol–water partition coefficient (Wildman–Crippen LogP) is 5.72. The van der Waals surface area contributed by atoms with Gasteiger partial charge in [-0.05, 0) is 63.1 Å². The molecule has 1 heterocycles. The molecule has 11 heteroatoms. The fourth-order valence-corrected chi connectivity index (χ4v) is 4.00. The number of nitrogens with zero attached hydrogens (tertiary/aromatic N) is 1. The van der Waals surface area contributed by atoms with E-state index >= 15 is 0 Å². The highest BCUT2D eigenvalue weighted by Gasteiger charge is 2.33. The number of rotatable bonds is 6. The molecular formula is C25H29ClF3N3O4. The lowest BCUT2D eigenvalue weighted by Crippen LogP contribution is -2.36. The van der Waals surface area contributed by atoms with E-state index in [2.05, 4.69) is 10.6 Å². The van der Waals surface area contributed by atoms with Crippen molar-refractivity contribution < 1.29 is 32.2 Å². The average Bonchev–Trinajstić information content (AvgIpc) is 3.25. The van der Waals surface area contributed by atoms with Gasteiger partial charge in [-0.25, -0.2) is 4.79 Å². The number of hydrogen-bond donors (Lipinski definition) is 2. The van der Waals surface area contributed by atoms with Crippen LogP contribution in [0.4, 0.5) is 23.7 Å². The third-order valence-electron chi connectivity index (χ3n) is 5.46. The zero-order valence-electron chi connectivity index (χ0n) is 20.5. The van der Waals surface area contributed by atoms with Gasteiger partial charge in [-0.3, -0.25) is 4.79 Å². The molecule has 3 rings (SSSR count). The molecule has 0 spiro atoms. The van der Waals surface area contributed by atoms with Crippen LogP contribution in [0.5, 0.6) is 5.75 Å². The van der Waals surface area contributed by atoms with Crippen molar-refractivity contribution in [2.45, 2.75) is 51.6 Å². The van der Waals surface area contributed by atoms with E-state index in [-0.39, 0.29) is 23.8 Å². The van der Waals surface area contributed by atoms with Crippen molar-refractivity contribution in [3.8, 4) is 5.75 Å². The molecule has 2 N–H and O–H groups in total. The first kappa shape index (κ1) is 27.4. The van der Waals surface area contributed by atoms with Crippen LogP contribution in [0, 0.1) is 0 Å². The monoisotopic (exact) mass is 527 g/mol. The number of amides is 2. The average molecular weight is 528 g/mol. The molecule has 0 aliphatic carbocycles. The Kier molecular flexibility index (Phi) is 8.28. The maximum atomic E-state index is 13.4. The lowest BCUT2D eigenvalue weighted by molar-refractivity contribution is -0.137. The first-order valence-electron chi connectivity index (χ1n) is 11.3. The molecule has 1 fully saturated rings. The minimum Gasteiger partial charge on any atom is -0.495 e. The van der Waals surface area contributed by atoms with E-state index in [4.69, 9.17) is 21.1 Å². The Hall–Kier alpha value is -3.14. The van der Waals surface area contributed by atoms with E-state index in [9.17, 15) is 22.8 Å². The summed E-state index contributed by atoms with van der Waals surface area (Å²) in [7, 11) is 1.47. The van der Waals surface area contributed by atoms with Crippen LogP contribution in [-0.4, -0.2) is 48.7 Å². The summed E-state index contributed by atoms with van der Waals surface area (Å²) < 4.78 is 50.6. The summed E-state index contributed by atoms with van der Waals surface area (Å²) in [5.74, 6) is -0.217. The maximum absolute atomic E-state index is 13.4. The number of likely N-dealkylation sites (tertiary alicyclic amines) is 1. The fraction of sp³-hybridized carbons (Fsp3) is 0.440. The van der Waals surface area contributed by atoms with E-state index in [1.165, 1.54) is 18.1 Å². The maximum Gasteiger partial charge on any atom is 0.416 e. The number of hydrogen-bond acceptors (Lipinski definition) is 5. The molecule has 0 aromatic heterocycles. The van der Waals surface area contributed by atoms with Gasteiger partial charge in [0.1, 0.15) is 11.4 Å². The van der Waals surface area contributed by atoms with Crippen molar-refractivity contribution in [2.24, 2.45) is 0 Å². The van der Waals surface area contributed by atoms with Gasteiger partial charge in [-0.2, -0.15) is 13.2 Å². The summed E-state index contributed by atoms with van der Waals surface area (Å²) in [5, 5.41) is 6.12. The van der Waals surface area contributed by atoms with Gasteiger partial charge in [-0.15, -0.1) is 0 Å². The summed E-state index contributed by atoms with van der Waals surface area (Å²) in [6.45, 7) is 6.07. The summed E-state index contributed by atoms with van der Waals surface area (Å²) in [6.07, 6.45) is -4.53. The van der Waals surface area contributed by atoms with Gasteiger partial charge in [0.2, 0.25) is 0 Å². The van der Waals surface area contributed by atoms with Crippen LogP contribution < -0.4 is 15.4 Å². The number of alkyl halides is 3. The summed E-state index contributed by atoms with van der Waals surface area (Å²) in [5.41, 5.74) is -0.841. The second-order valence-corrected chi connectivity index (χ2v) is 9.87. The Morgan fingerprint density at radius 1 is 1.14 bits per heavy atom. The van der Waals surface area contributed by atoms with Gasteiger partial charge in [0.05, 0.1) is 23.3 Å². The van der Waals surface area contributed by atoms with Gasteiger partial charge in [0.15, 0.2) is 0 Å². The molecule has 1 aliphatic rings. The molecule has 1 aliphatic heterocycles. The Morgan fingerprint density at radius 3 is 2.47 bits per heavy atom. The number of carbonyl (C=O) groups excluding carboxylic acids is 2. The largest absolute Gasteiger partial charge is 0.495 e. The van der Waals surface area contributed by atoms with Crippen LogP contribution in [0.2, 0.25) is 5.02 Å². The highest BCUT2D eigenvalue weighted by Crippen LogP contribution is 2.33. The van der Waals surface area contributed by atoms with Gasteiger partial charge in [0.25, 0.3) is 5.91 Å². The second-order valence-electron chi connectivity index (χ2n) is 9.47. The van der Waals surface area contributed by atoms with Gasteiger partial charge < -0.3 is 25.0 Å². The zero-order valence-corrected chi connectivity index (χ0v) is 21.2. The highest BCUT2D eigenvalue weighted by atomic mass is 35.5. The Morgan fingerprint density at radius 2 is 1.86 bits per heavy atom. The van der Waals surface area contributed by atoms with Crippen molar-refractivity contribution in [1.29, 1.82) is 0 Å². The Balaban J connectivity index is 1.75. The topological polar surface area (TPSA) is 79.9 Å². The van der Waals surface area contributed by atoms with Gasteiger partial charge in [0, 0.05) is 31.4 Å². The molecule has 36 heavy (non-hydrogen) atoms. The third-order valence-corrected chi connectivity index (χ3v) is 5.76. The van der Waals surface area contributed by atoms with Gasteiger partial charge >= 0.3 is 12.3 Å². The van der Waals surface area contributed by atoms with Crippen molar-refractivity contribution in [2.75, 3.05) is 25.5 Å². The molecule has 0 saturated carbocycles. The number of anilines is 1. The molecule has 1 saturated heterocycles. The fourth-order valence-electron chi connectivity index (χ4n) is 3.72. The molecule has 7 nitrogen and oxygen atoms in total. The lowest BCUT2D eigenvalue weighted by Gasteiger charge is -2.24. The third kappa shape index (κ3) is 7.19. The standard InChI is InChI=1S/C25H29ClF3N3O4/c1-24(2,3)36-23(34)32-10-9-17(14-32)31-20-7-6-16(25(27,28)29)12-18(20)22(33)30-13-15-5-8-21(35-4)19(26)11-15/h5-8,11-12,17,31H,9-10,13-14H2,1-4H3,(H,30,33)/t17-/m1/s1. The molecule has 0 bridgehead atoms. The van der Waals surface area contributed by atoms with Crippen LogP contribution in [0.15, 0.2) is 36.4 Å². The van der Waals surface area contributed by atoms with E-state index in [0.717, 1.165) is 12.1 Å². The van der Waals surface area contributed by atoms with Gasteiger partial charge in [-0.1, -0.05) is 17.7 Å². The molecule has 2 amide bonds. The molecule has 196 valence electrons. The number of ether oxygens (including phenoxy) is 2. The molecular weight excluding hydrogens is 499 g/mol. The first-order chi connectivity index (χ1) is 16.8. The van der Waals surface area contributed by atoms with Crippen LogP contribution in [0.25, 0.3) is 0 Å². The van der Waals surface area contributed by atoms with Crippen molar-refractivity contribution in [3.63, 3.8) is 0 Å². The minimum atomic E-state index is -4.61. The molecule has 0 unspecified atom stereocenters. The van der Waals surface area contributed by atoms with Crippen molar-refractivity contribution in [1.82, 2.24) is 10.2 Å². The first-order valence-corrected chi connectivity index (χ1v) is 11.7. The van der Waals surface area contributed by atoms with Crippen molar-refractivity contribution in [3.05, 3.63) is 58.1 Å². The van der Waals surface area contributed by atoms with E-state index in [1.807, 2.05) is 0 Å². The Labute approximate surface area is 212 Å². The number of nitrogens with one attached hydrogen (secondary N) is 2. The molecule has 0 radical (unpaired) electrons. The molecule has 1 atom stereocenters. The van der Waals surface area contributed by atoms with E-state index in [1.54, 1.807) is 39.0 Å². The smallest absolute Gasteiger partial charge is 0.416 e. The SMILES string of the molecule is COc1ccc(CNC(=O)c2cc(C(F)(F)F)ccc2N[C@@H]2CCN(C(=O)OC(C)(C)C)C2)cc1Cl. The highest BCUT2D eigenvalue weighted by molar-refractivity contribution is 6.32. The van der Waals surface area contributed by atoms with Crippen LogP contribution >= 0.6 is 11.6 Å².